The Balaban J connectivity index is 1.85. The van der Waals surface area contributed by atoms with E-state index in [-0.39, 0.29) is 23.0 Å². The van der Waals surface area contributed by atoms with E-state index in [1.807, 2.05) is 12.2 Å². The number of allylic oxidation sites excluding steroid dienone is 2. The zero-order valence-electron chi connectivity index (χ0n) is 12.1. The average molecular weight is 326 g/mol. The van der Waals surface area contributed by atoms with Gasteiger partial charge in [-0.15, -0.1) is 0 Å². The largest absolute Gasteiger partial charge is 0.453 e. The van der Waals surface area contributed by atoms with Crippen molar-refractivity contribution in [3.8, 4) is 0 Å². The molecule has 1 aromatic carbocycles. The van der Waals surface area contributed by atoms with E-state index < -0.39 is 23.8 Å². The summed E-state index contributed by atoms with van der Waals surface area (Å²) in [4.78, 5) is 23.7. The van der Waals surface area contributed by atoms with Gasteiger partial charge in [-0.25, -0.2) is 4.39 Å². The molecule has 0 saturated carbocycles. The van der Waals surface area contributed by atoms with Crippen molar-refractivity contribution in [3.05, 3.63) is 41.2 Å². The number of amides is 1. The molecular weight excluding hydrogens is 309 g/mol. The molecule has 0 radical (unpaired) electrons. The van der Waals surface area contributed by atoms with E-state index >= 15 is 0 Å². The van der Waals surface area contributed by atoms with Crippen molar-refractivity contribution in [2.75, 3.05) is 5.32 Å². The van der Waals surface area contributed by atoms with Crippen LogP contribution in [-0.2, 0) is 14.3 Å². The fourth-order valence-electron chi connectivity index (χ4n) is 2.20. The minimum absolute atomic E-state index is 0.00368. The molecular formula is C16H17ClFNO3. The fraction of sp³-hybridized carbons (Fsp3) is 0.375. The normalized spacial score (nSPS) is 18.0. The van der Waals surface area contributed by atoms with Crippen LogP contribution < -0.4 is 5.32 Å². The van der Waals surface area contributed by atoms with Gasteiger partial charge < -0.3 is 10.1 Å². The summed E-state index contributed by atoms with van der Waals surface area (Å²) in [5.74, 6) is -1.49. The summed E-state index contributed by atoms with van der Waals surface area (Å²) in [7, 11) is 0. The Labute approximate surface area is 133 Å². The van der Waals surface area contributed by atoms with Crippen molar-refractivity contribution in [2.24, 2.45) is 5.92 Å². The Kier molecular flexibility index (Phi) is 5.55. The molecule has 0 aliphatic heterocycles. The number of halogens is 2. The molecule has 2 rings (SSSR count). The van der Waals surface area contributed by atoms with Gasteiger partial charge in [0.1, 0.15) is 5.82 Å². The third kappa shape index (κ3) is 4.56. The smallest absolute Gasteiger partial charge is 0.307 e. The van der Waals surface area contributed by atoms with Gasteiger partial charge in [0.2, 0.25) is 0 Å². The van der Waals surface area contributed by atoms with E-state index in [9.17, 15) is 14.0 Å². The summed E-state index contributed by atoms with van der Waals surface area (Å²) in [5, 5.41) is 2.61. The number of hydrogen-bond donors (Lipinski definition) is 1. The van der Waals surface area contributed by atoms with Crippen molar-refractivity contribution >= 4 is 29.2 Å². The third-order valence-corrected chi connectivity index (χ3v) is 3.64. The molecule has 22 heavy (non-hydrogen) atoms. The average Bonchev–Trinajstić information content (AvgIpc) is 2.94. The van der Waals surface area contributed by atoms with Crippen LogP contribution in [0.2, 0.25) is 5.02 Å². The van der Waals surface area contributed by atoms with Crippen molar-refractivity contribution in [1.29, 1.82) is 0 Å². The van der Waals surface area contributed by atoms with E-state index in [0.717, 1.165) is 18.9 Å². The first-order valence-electron chi connectivity index (χ1n) is 7.08. The molecule has 1 N–H and O–H groups in total. The summed E-state index contributed by atoms with van der Waals surface area (Å²) < 4.78 is 18.7. The Morgan fingerprint density at radius 3 is 2.91 bits per heavy atom. The van der Waals surface area contributed by atoms with Gasteiger partial charge in [0.25, 0.3) is 5.91 Å². The van der Waals surface area contributed by atoms with Crippen molar-refractivity contribution in [3.63, 3.8) is 0 Å². The number of carbonyl (C=O) groups excluding carboxylic acids is 2. The van der Waals surface area contributed by atoms with Gasteiger partial charge in [0.05, 0.1) is 12.1 Å². The zero-order valence-corrected chi connectivity index (χ0v) is 12.9. The molecule has 118 valence electrons. The molecule has 0 heterocycles. The summed E-state index contributed by atoms with van der Waals surface area (Å²) in [5.41, 5.74) is -0.00368. The SMILES string of the molecule is C[C@@H](OC(=O)C[C@H]1C=CCC1)C(=O)Nc1ccc(Cl)cc1F. The maximum absolute atomic E-state index is 13.6. The summed E-state index contributed by atoms with van der Waals surface area (Å²) >= 11 is 5.64. The van der Waals surface area contributed by atoms with Crippen LogP contribution >= 0.6 is 11.6 Å². The van der Waals surface area contributed by atoms with Gasteiger partial charge in [-0.3, -0.25) is 9.59 Å². The lowest BCUT2D eigenvalue weighted by Gasteiger charge is -2.15. The van der Waals surface area contributed by atoms with Crippen LogP contribution in [0.15, 0.2) is 30.4 Å². The molecule has 6 heteroatoms. The number of nitrogens with one attached hydrogen (secondary N) is 1. The second kappa shape index (κ2) is 7.40. The maximum Gasteiger partial charge on any atom is 0.307 e. The number of benzene rings is 1. The van der Waals surface area contributed by atoms with Crippen molar-refractivity contribution < 1.29 is 18.7 Å². The minimum Gasteiger partial charge on any atom is -0.453 e. The van der Waals surface area contributed by atoms with Gasteiger partial charge >= 0.3 is 5.97 Å². The summed E-state index contributed by atoms with van der Waals surface area (Å²) in [6, 6.07) is 3.91. The predicted octanol–water partition coefficient (Wildman–Crippen LogP) is 3.71. The quantitative estimate of drug-likeness (QED) is 0.663. The van der Waals surface area contributed by atoms with Gasteiger partial charge in [-0.05, 0) is 43.9 Å². The molecule has 0 aromatic heterocycles. The van der Waals surface area contributed by atoms with E-state index in [1.165, 1.54) is 19.1 Å². The van der Waals surface area contributed by atoms with Crippen LogP contribution in [0, 0.1) is 11.7 Å². The second-order valence-electron chi connectivity index (χ2n) is 5.22. The molecule has 2 atom stereocenters. The number of carbonyl (C=O) groups is 2. The number of anilines is 1. The van der Waals surface area contributed by atoms with Gasteiger partial charge in [0.15, 0.2) is 6.10 Å². The first-order valence-corrected chi connectivity index (χ1v) is 7.45. The lowest BCUT2D eigenvalue weighted by Crippen LogP contribution is -2.30. The molecule has 0 saturated heterocycles. The molecule has 0 fully saturated rings. The Morgan fingerprint density at radius 1 is 1.50 bits per heavy atom. The lowest BCUT2D eigenvalue weighted by molar-refractivity contribution is -0.153. The van der Waals surface area contributed by atoms with Crippen LogP contribution in [0.4, 0.5) is 10.1 Å². The zero-order chi connectivity index (χ0) is 16.1. The first-order chi connectivity index (χ1) is 10.5. The third-order valence-electron chi connectivity index (χ3n) is 3.41. The van der Waals surface area contributed by atoms with Crippen LogP contribution in [0.3, 0.4) is 0 Å². The van der Waals surface area contributed by atoms with Crippen molar-refractivity contribution in [1.82, 2.24) is 0 Å². The second-order valence-corrected chi connectivity index (χ2v) is 5.65. The van der Waals surface area contributed by atoms with E-state index in [1.54, 1.807) is 0 Å². The van der Waals surface area contributed by atoms with E-state index in [4.69, 9.17) is 16.3 Å². The highest BCUT2D eigenvalue weighted by Gasteiger charge is 2.21. The maximum atomic E-state index is 13.6. The summed E-state index contributed by atoms with van der Waals surface area (Å²) in [6.45, 7) is 1.45. The number of rotatable bonds is 5. The number of ether oxygens (including phenoxy) is 1. The molecule has 0 unspecified atom stereocenters. The Hall–Kier alpha value is -1.88. The standard InChI is InChI=1S/C16H17ClFNO3/c1-10(22-15(20)8-11-4-2-3-5-11)16(21)19-14-7-6-12(17)9-13(14)18/h2,4,6-7,9-11H,3,5,8H2,1H3,(H,19,21)/t10-,11+/m1/s1. The van der Waals surface area contributed by atoms with Crippen LogP contribution in [0.5, 0.6) is 0 Å². The Bertz CT molecular complexity index is 603. The van der Waals surface area contributed by atoms with Gasteiger partial charge in [-0.1, -0.05) is 23.8 Å². The Morgan fingerprint density at radius 2 is 2.27 bits per heavy atom. The van der Waals surface area contributed by atoms with Crippen LogP contribution in [0.25, 0.3) is 0 Å². The monoisotopic (exact) mass is 325 g/mol. The van der Waals surface area contributed by atoms with Gasteiger partial charge in [0, 0.05) is 5.02 Å². The minimum atomic E-state index is -0.993. The number of hydrogen-bond acceptors (Lipinski definition) is 3. The summed E-state index contributed by atoms with van der Waals surface area (Å²) in [6.07, 6.45) is 5.15. The fourth-order valence-corrected chi connectivity index (χ4v) is 2.36. The highest BCUT2D eigenvalue weighted by atomic mass is 35.5. The van der Waals surface area contributed by atoms with E-state index in [2.05, 4.69) is 5.32 Å². The first kappa shape index (κ1) is 16.5. The molecule has 0 bridgehead atoms. The van der Waals surface area contributed by atoms with E-state index in [0.29, 0.717) is 0 Å². The highest BCUT2D eigenvalue weighted by molar-refractivity contribution is 6.30. The molecule has 0 spiro atoms. The molecule has 1 aliphatic carbocycles. The molecule has 1 aliphatic rings. The molecule has 1 amide bonds. The topological polar surface area (TPSA) is 55.4 Å². The number of esters is 1. The predicted molar refractivity (Wildman–Crippen MR) is 82.1 cm³/mol. The highest BCUT2D eigenvalue weighted by Crippen LogP contribution is 2.21. The lowest BCUT2D eigenvalue weighted by atomic mass is 10.1. The van der Waals surface area contributed by atoms with Crippen LogP contribution in [-0.4, -0.2) is 18.0 Å². The van der Waals surface area contributed by atoms with Crippen molar-refractivity contribution in [2.45, 2.75) is 32.3 Å². The van der Waals surface area contributed by atoms with Crippen LogP contribution in [0.1, 0.15) is 26.2 Å². The van der Waals surface area contributed by atoms with Gasteiger partial charge in [-0.2, -0.15) is 0 Å². The molecule has 1 aromatic rings. The molecule has 4 nitrogen and oxygen atoms in total.